The second kappa shape index (κ2) is 4.97. The Morgan fingerprint density at radius 2 is 2.23 bits per heavy atom. The smallest absolute Gasteiger partial charge is 0.116 e. The Hall–Kier alpha value is -0.890. The van der Waals surface area contributed by atoms with Gasteiger partial charge in [0.05, 0.1) is 0 Å². The van der Waals surface area contributed by atoms with Crippen molar-refractivity contribution in [3.05, 3.63) is 35.9 Å². The van der Waals surface area contributed by atoms with Gasteiger partial charge in [0.15, 0.2) is 0 Å². The first-order chi connectivity index (χ1) is 6.18. The lowest BCUT2D eigenvalue weighted by Crippen LogP contribution is -1.75. The van der Waals surface area contributed by atoms with Gasteiger partial charge in [0, 0.05) is 10.6 Å². The van der Waals surface area contributed by atoms with Crippen molar-refractivity contribution in [3.63, 3.8) is 0 Å². The first kappa shape index (κ1) is 10.2. The molecule has 0 amide bonds. The zero-order valence-electron chi connectivity index (χ0n) is 7.95. The summed E-state index contributed by atoms with van der Waals surface area (Å²) in [6.45, 7) is 4.17. The molecule has 0 unspecified atom stereocenters. The van der Waals surface area contributed by atoms with Crippen molar-refractivity contribution >= 4 is 11.8 Å². The van der Waals surface area contributed by atoms with E-state index < -0.39 is 0 Å². The van der Waals surface area contributed by atoms with E-state index >= 15 is 0 Å². The van der Waals surface area contributed by atoms with E-state index in [0.717, 1.165) is 10.6 Å². The Balaban J connectivity index is 2.50. The number of rotatable bonds is 3. The summed E-state index contributed by atoms with van der Waals surface area (Å²) in [5, 5.41) is 9.19. The summed E-state index contributed by atoms with van der Waals surface area (Å²) in [5.41, 5.74) is 1.33. The van der Waals surface area contributed by atoms with E-state index in [0.29, 0.717) is 5.75 Å². The van der Waals surface area contributed by atoms with Crippen molar-refractivity contribution in [3.8, 4) is 5.75 Å². The highest BCUT2D eigenvalue weighted by Gasteiger charge is 1.93. The van der Waals surface area contributed by atoms with E-state index in [2.05, 4.69) is 19.9 Å². The zero-order chi connectivity index (χ0) is 9.68. The summed E-state index contributed by atoms with van der Waals surface area (Å²) in [5.74, 6) is 1.30. The van der Waals surface area contributed by atoms with Crippen LogP contribution in [0.2, 0.25) is 0 Å². The van der Waals surface area contributed by atoms with E-state index in [1.165, 1.54) is 5.57 Å². The van der Waals surface area contributed by atoms with Crippen LogP contribution in [0.3, 0.4) is 0 Å². The van der Waals surface area contributed by atoms with Gasteiger partial charge in [-0.1, -0.05) is 17.7 Å². The van der Waals surface area contributed by atoms with Crippen LogP contribution in [0, 0.1) is 0 Å². The Morgan fingerprint density at radius 3 is 2.85 bits per heavy atom. The maximum atomic E-state index is 9.19. The van der Waals surface area contributed by atoms with Gasteiger partial charge in [0.2, 0.25) is 0 Å². The lowest BCUT2D eigenvalue weighted by molar-refractivity contribution is 0.474. The molecule has 0 aliphatic rings. The lowest BCUT2D eigenvalue weighted by atomic mass is 10.3. The minimum atomic E-state index is 0.335. The molecule has 1 rings (SSSR count). The monoisotopic (exact) mass is 194 g/mol. The third-order valence-electron chi connectivity index (χ3n) is 1.56. The molecule has 0 spiro atoms. The Bertz CT molecular complexity index is 301. The first-order valence-electron chi connectivity index (χ1n) is 4.23. The maximum Gasteiger partial charge on any atom is 0.116 e. The second-order valence-corrected chi connectivity index (χ2v) is 4.18. The highest BCUT2D eigenvalue weighted by Crippen LogP contribution is 2.22. The van der Waals surface area contributed by atoms with Crippen LogP contribution in [-0.2, 0) is 0 Å². The zero-order valence-corrected chi connectivity index (χ0v) is 8.77. The van der Waals surface area contributed by atoms with Crippen LogP contribution < -0.4 is 0 Å². The van der Waals surface area contributed by atoms with Crippen molar-refractivity contribution in [2.45, 2.75) is 18.7 Å². The molecule has 0 aliphatic carbocycles. The average molecular weight is 194 g/mol. The van der Waals surface area contributed by atoms with Crippen molar-refractivity contribution in [1.29, 1.82) is 0 Å². The molecule has 1 N–H and O–H groups in total. The molecule has 70 valence electrons. The van der Waals surface area contributed by atoms with Gasteiger partial charge in [0.25, 0.3) is 0 Å². The molecule has 0 atom stereocenters. The second-order valence-electron chi connectivity index (χ2n) is 3.09. The maximum absolute atomic E-state index is 9.19. The highest BCUT2D eigenvalue weighted by atomic mass is 32.2. The Labute approximate surface area is 83.5 Å². The predicted molar refractivity (Wildman–Crippen MR) is 58.3 cm³/mol. The Kier molecular flexibility index (Phi) is 3.90. The summed E-state index contributed by atoms with van der Waals surface area (Å²) in [7, 11) is 0. The molecule has 0 saturated carbocycles. The molecule has 13 heavy (non-hydrogen) atoms. The van der Waals surface area contributed by atoms with Crippen LogP contribution in [-0.4, -0.2) is 10.9 Å². The minimum absolute atomic E-state index is 0.335. The third kappa shape index (κ3) is 4.04. The first-order valence-corrected chi connectivity index (χ1v) is 5.22. The number of phenolic OH excluding ortho intramolecular Hbond substituents is 1. The molecule has 2 heteroatoms. The van der Waals surface area contributed by atoms with Gasteiger partial charge in [-0.2, -0.15) is 0 Å². The molecule has 1 nitrogen and oxygen atoms in total. The van der Waals surface area contributed by atoms with Crippen molar-refractivity contribution in [2.75, 3.05) is 5.75 Å². The molecule has 0 aliphatic heterocycles. The van der Waals surface area contributed by atoms with Gasteiger partial charge in [-0.05, 0) is 32.0 Å². The highest BCUT2D eigenvalue weighted by molar-refractivity contribution is 7.99. The number of aromatic hydroxyl groups is 1. The van der Waals surface area contributed by atoms with Crippen LogP contribution in [0.15, 0.2) is 40.8 Å². The van der Waals surface area contributed by atoms with E-state index in [9.17, 15) is 5.11 Å². The molecule has 0 radical (unpaired) electrons. The number of phenols is 1. The van der Waals surface area contributed by atoms with Crippen LogP contribution in [0.4, 0.5) is 0 Å². The molecule has 0 fully saturated rings. The number of benzene rings is 1. The summed E-state index contributed by atoms with van der Waals surface area (Å²) >= 11 is 1.73. The van der Waals surface area contributed by atoms with Gasteiger partial charge in [-0.25, -0.2) is 0 Å². The van der Waals surface area contributed by atoms with E-state index in [4.69, 9.17) is 0 Å². The van der Waals surface area contributed by atoms with Gasteiger partial charge >= 0.3 is 0 Å². The molecule has 0 aromatic heterocycles. The molecule has 1 aromatic carbocycles. The van der Waals surface area contributed by atoms with Gasteiger partial charge in [-0.15, -0.1) is 11.8 Å². The molecular formula is C11H14OS. The molecule has 1 aromatic rings. The Morgan fingerprint density at radius 1 is 1.46 bits per heavy atom. The van der Waals surface area contributed by atoms with E-state index in [1.54, 1.807) is 23.9 Å². The van der Waals surface area contributed by atoms with E-state index in [1.807, 2.05) is 12.1 Å². The van der Waals surface area contributed by atoms with Crippen molar-refractivity contribution in [1.82, 2.24) is 0 Å². The summed E-state index contributed by atoms with van der Waals surface area (Å²) in [6.07, 6.45) is 2.18. The fourth-order valence-corrected chi connectivity index (χ4v) is 1.87. The molecule has 0 saturated heterocycles. The topological polar surface area (TPSA) is 20.2 Å². The van der Waals surface area contributed by atoms with Crippen LogP contribution in [0.25, 0.3) is 0 Å². The van der Waals surface area contributed by atoms with Crippen molar-refractivity contribution < 1.29 is 5.11 Å². The molecule has 0 heterocycles. The van der Waals surface area contributed by atoms with Gasteiger partial charge in [0.1, 0.15) is 5.75 Å². The number of thioether (sulfide) groups is 1. The average Bonchev–Trinajstić information content (AvgIpc) is 2.03. The fraction of sp³-hybridized carbons (Fsp3) is 0.273. The largest absolute Gasteiger partial charge is 0.508 e. The lowest BCUT2D eigenvalue weighted by Gasteiger charge is -1.98. The summed E-state index contributed by atoms with van der Waals surface area (Å²) in [6, 6.07) is 7.33. The van der Waals surface area contributed by atoms with Crippen molar-refractivity contribution in [2.24, 2.45) is 0 Å². The van der Waals surface area contributed by atoms with E-state index in [-0.39, 0.29) is 0 Å². The quantitative estimate of drug-likeness (QED) is 0.587. The SMILES string of the molecule is CC(C)=CCSc1cccc(O)c1. The van der Waals surface area contributed by atoms with Gasteiger partial charge < -0.3 is 5.11 Å². The molecular weight excluding hydrogens is 180 g/mol. The predicted octanol–water partition coefficient (Wildman–Crippen LogP) is 3.45. The summed E-state index contributed by atoms with van der Waals surface area (Å²) in [4.78, 5) is 1.11. The fourth-order valence-electron chi connectivity index (χ4n) is 0.878. The normalized spacial score (nSPS) is 9.69. The number of hydrogen-bond donors (Lipinski definition) is 1. The van der Waals surface area contributed by atoms with Crippen LogP contribution in [0.5, 0.6) is 5.75 Å². The van der Waals surface area contributed by atoms with Crippen LogP contribution in [0.1, 0.15) is 13.8 Å². The number of hydrogen-bond acceptors (Lipinski definition) is 2. The van der Waals surface area contributed by atoms with Crippen LogP contribution >= 0.6 is 11.8 Å². The minimum Gasteiger partial charge on any atom is -0.508 e. The number of allylic oxidation sites excluding steroid dienone is 1. The summed E-state index contributed by atoms with van der Waals surface area (Å²) < 4.78 is 0. The standard InChI is InChI=1S/C11H14OS/c1-9(2)6-7-13-11-5-3-4-10(12)8-11/h3-6,8,12H,7H2,1-2H3. The molecule has 0 bridgehead atoms. The third-order valence-corrected chi connectivity index (χ3v) is 2.48. The van der Waals surface area contributed by atoms with Gasteiger partial charge in [-0.3, -0.25) is 0 Å².